The number of H-pyrrole nitrogens is 1. The fourth-order valence-electron chi connectivity index (χ4n) is 1.32. The Morgan fingerprint density at radius 2 is 2.33 bits per heavy atom. The van der Waals surface area contributed by atoms with Gasteiger partial charge in [0.1, 0.15) is 17.4 Å². The Bertz CT molecular complexity index is 641. The van der Waals surface area contributed by atoms with E-state index in [2.05, 4.69) is 15.0 Å². The minimum Gasteiger partial charge on any atom is -0.310 e. The number of fused-ring (bicyclic) bond motifs is 1. The van der Waals surface area contributed by atoms with Crippen LogP contribution in [0.5, 0.6) is 0 Å². The molecule has 0 bridgehead atoms. The van der Waals surface area contributed by atoms with E-state index in [-0.39, 0.29) is 27.2 Å². The van der Waals surface area contributed by atoms with Gasteiger partial charge in [-0.1, -0.05) is 11.6 Å². The molecule has 0 spiro atoms. The molecule has 0 aliphatic carbocycles. The average molecular weight is 221 g/mol. The lowest BCUT2D eigenvalue weighted by Gasteiger charge is -2.00. The second kappa shape index (κ2) is 3.33. The number of nitriles is 1. The number of rotatable bonds is 0. The molecule has 5 nitrogen and oxygen atoms in total. The van der Waals surface area contributed by atoms with Gasteiger partial charge in [0, 0.05) is 6.20 Å². The number of hydrogen-bond acceptors (Lipinski definition) is 4. The van der Waals surface area contributed by atoms with Crippen LogP contribution in [-0.2, 0) is 0 Å². The van der Waals surface area contributed by atoms with E-state index in [0.717, 1.165) is 0 Å². The van der Waals surface area contributed by atoms with Crippen molar-refractivity contribution in [3.63, 3.8) is 0 Å². The van der Waals surface area contributed by atoms with Crippen molar-refractivity contribution in [2.75, 3.05) is 0 Å². The van der Waals surface area contributed by atoms with Gasteiger partial charge < -0.3 is 4.98 Å². The van der Waals surface area contributed by atoms with Crippen LogP contribution in [-0.4, -0.2) is 15.0 Å². The summed E-state index contributed by atoms with van der Waals surface area (Å²) in [6.07, 6.45) is 1.26. The van der Waals surface area contributed by atoms with Crippen molar-refractivity contribution >= 4 is 22.5 Å². The Labute approximate surface area is 89.4 Å². The van der Waals surface area contributed by atoms with E-state index in [4.69, 9.17) is 16.9 Å². The van der Waals surface area contributed by atoms with E-state index in [1.807, 2.05) is 6.07 Å². The number of aromatic nitrogens is 3. The highest BCUT2D eigenvalue weighted by Gasteiger charge is 2.11. The Kier molecular flexibility index (Phi) is 2.14. The summed E-state index contributed by atoms with van der Waals surface area (Å²) in [5.74, 6) is 0.436. The van der Waals surface area contributed by atoms with Crippen LogP contribution in [0.15, 0.2) is 11.0 Å². The molecule has 2 aromatic heterocycles. The Morgan fingerprint density at radius 1 is 1.60 bits per heavy atom. The number of aromatic amines is 1. The molecule has 1 N–H and O–H groups in total. The molecular formula is C9H5ClN4O. The monoisotopic (exact) mass is 220 g/mol. The van der Waals surface area contributed by atoms with Crippen molar-refractivity contribution in [3.05, 3.63) is 33.1 Å². The van der Waals surface area contributed by atoms with Gasteiger partial charge in [0.25, 0.3) is 5.56 Å². The first-order chi connectivity index (χ1) is 7.13. The first kappa shape index (κ1) is 9.62. The Hall–Kier alpha value is -1.93. The zero-order chi connectivity index (χ0) is 11.0. The maximum absolute atomic E-state index is 11.6. The highest BCUT2D eigenvalue weighted by atomic mass is 35.5. The molecule has 0 saturated carbocycles. The predicted molar refractivity (Wildman–Crippen MR) is 54.6 cm³/mol. The minimum absolute atomic E-state index is 0.123. The smallest absolute Gasteiger partial charge is 0.260 e. The van der Waals surface area contributed by atoms with Crippen molar-refractivity contribution in [1.29, 1.82) is 5.26 Å². The van der Waals surface area contributed by atoms with Gasteiger partial charge in [-0.25, -0.2) is 9.97 Å². The molecule has 2 heterocycles. The lowest BCUT2D eigenvalue weighted by atomic mass is 10.2. The van der Waals surface area contributed by atoms with Crippen molar-refractivity contribution in [2.24, 2.45) is 0 Å². The third-order valence-electron chi connectivity index (χ3n) is 1.93. The molecule has 0 atom stereocenters. The molecule has 2 rings (SSSR count). The highest BCUT2D eigenvalue weighted by molar-refractivity contribution is 6.33. The molecule has 0 fully saturated rings. The van der Waals surface area contributed by atoms with E-state index in [1.54, 1.807) is 6.92 Å². The molecule has 0 aliphatic rings. The maximum atomic E-state index is 11.6. The molecule has 0 aliphatic heterocycles. The lowest BCUT2D eigenvalue weighted by molar-refractivity contribution is 1.05. The Balaban J connectivity index is 3.09. The lowest BCUT2D eigenvalue weighted by Crippen LogP contribution is -2.11. The zero-order valence-electron chi connectivity index (χ0n) is 7.71. The van der Waals surface area contributed by atoms with Crippen LogP contribution in [0.3, 0.4) is 0 Å². The van der Waals surface area contributed by atoms with Crippen LogP contribution < -0.4 is 5.56 Å². The van der Waals surface area contributed by atoms with Crippen LogP contribution in [0.2, 0.25) is 5.15 Å². The van der Waals surface area contributed by atoms with Crippen molar-refractivity contribution in [3.8, 4) is 6.07 Å². The van der Waals surface area contributed by atoms with E-state index in [1.165, 1.54) is 6.20 Å². The van der Waals surface area contributed by atoms with Crippen molar-refractivity contribution in [2.45, 2.75) is 6.92 Å². The van der Waals surface area contributed by atoms with Gasteiger partial charge in [0.05, 0.1) is 10.9 Å². The number of pyridine rings is 1. The average Bonchev–Trinajstić information content (AvgIpc) is 2.19. The van der Waals surface area contributed by atoms with Crippen LogP contribution in [0.1, 0.15) is 11.4 Å². The summed E-state index contributed by atoms with van der Waals surface area (Å²) in [5, 5.41) is 9.11. The first-order valence-electron chi connectivity index (χ1n) is 4.08. The number of nitrogens with zero attached hydrogens (tertiary/aromatic N) is 3. The van der Waals surface area contributed by atoms with Gasteiger partial charge in [0.2, 0.25) is 0 Å². The number of nitrogens with one attached hydrogen (secondary N) is 1. The highest BCUT2D eigenvalue weighted by Crippen LogP contribution is 2.18. The molecular weight excluding hydrogens is 216 g/mol. The number of halogens is 1. The third kappa shape index (κ3) is 1.45. The summed E-state index contributed by atoms with van der Waals surface area (Å²) in [6, 6.07) is 1.88. The quantitative estimate of drug-likeness (QED) is 0.675. The van der Waals surface area contributed by atoms with E-state index in [0.29, 0.717) is 5.82 Å². The summed E-state index contributed by atoms with van der Waals surface area (Å²) in [6.45, 7) is 1.64. The summed E-state index contributed by atoms with van der Waals surface area (Å²) < 4.78 is 0. The maximum Gasteiger partial charge on any atom is 0.260 e. The molecule has 0 radical (unpaired) electrons. The standard InChI is InChI=1S/C9H5ClN4O/c1-4-13-7-6(9(15)14-4)5(2-11)3-12-8(7)10/h3H,1H3,(H,13,14,15). The largest absolute Gasteiger partial charge is 0.310 e. The second-order valence-electron chi connectivity index (χ2n) is 2.95. The molecule has 74 valence electrons. The SMILES string of the molecule is Cc1nc2c(Cl)ncc(C#N)c2c(=O)[nH]1. The molecule has 0 unspecified atom stereocenters. The van der Waals surface area contributed by atoms with Crippen LogP contribution in [0, 0.1) is 18.3 Å². The summed E-state index contributed by atoms with van der Waals surface area (Å²) in [5.41, 5.74) is 0.0541. The van der Waals surface area contributed by atoms with Gasteiger partial charge >= 0.3 is 0 Å². The van der Waals surface area contributed by atoms with Crippen molar-refractivity contribution in [1.82, 2.24) is 15.0 Å². The molecule has 2 aromatic rings. The summed E-state index contributed by atoms with van der Waals surface area (Å²) in [7, 11) is 0. The van der Waals surface area contributed by atoms with Crippen molar-refractivity contribution < 1.29 is 0 Å². The normalized spacial score (nSPS) is 10.2. The van der Waals surface area contributed by atoms with Crippen LogP contribution in [0.4, 0.5) is 0 Å². The molecule has 0 amide bonds. The third-order valence-corrected chi connectivity index (χ3v) is 2.21. The summed E-state index contributed by atoms with van der Waals surface area (Å²) in [4.78, 5) is 21.9. The Morgan fingerprint density at radius 3 is 3.00 bits per heavy atom. The number of aryl methyl sites for hydroxylation is 1. The molecule has 6 heteroatoms. The fourth-order valence-corrected chi connectivity index (χ4v) is 1.50. The van der Waals surface area contributed by atoms with E-state index < -0.39 is 0 Å². The molecule has 0 saturated heterocycles. The second-order valence-corrected chi connectivity index (χ2v) is 3.31. The van der Waals surface area contributed by atoms with E-state index in [9.17, 15) is 4.79 Å². The topological polar surface area (TPSA) is 82.4 Å². The van der Waals surface area contributed by atoms with Gasteiger partial charge in [-0.3, -0.25) is 4.79 Å². The van der Waals surface area contributed by atoms with Gasteiger partial charge in [-0.15, -0.1) is 0 Å². The zero-order valence-corrected chi connectivity index (χ0v) is 8.46. The summed E-state index contributed by atoms with van der Waals surface area (Å²) >= 11 is 5.79. The van der Waals surface area contributed by atoms with Gasteiger partial charge in [-0.05, 0) is 6.92 Å². The van der Waals surface area contributed by atoms with Crippen LogP contribution in [0.25, 0.3) is 10.9 Å². The number of hydrogen-bond donors (Lipinski definition) is 1. The predicted octanol–water partition coefficient (Wildman–Crippen LogP) is 1.15. The molecule has 0 aromatic carbocycles. The van der Waals surface area contributed by atoms with Crippen LogP contribution >= 0.6 is 11.6 Å². The van der Waals surface area contributed by atoms with E-state index >= 15 is 0 Å². The molecule has 15 heavy (non-hydrogen) atoms. The first-order valence-corrected chi connectivity index (χ1v) is 4.46. The van der Waals surface area contributed by atoms with Gasteiger partial charge in [0.15, 0.2) is 5.15 Å². The van der Waals surface area contributed by atoms with Gasteiger partial charge in [-0.2, -0.15) is 5.26 Å². The fraction of sp³-hybridized carbons (Fsp3) is 0.111. The minimum atomic E-state index is -0.377.